The third-order valence-electron chi connectivity index (χ3n) is 2.99. The van der Waals surface area contributed by atoms with Crippen molar-refractivity contribution in [1.82, 2.24) is 4.98 Å². The zero-order valence-electron chi connectivity index (χ0n) is 11.9. The standard InChI is InChI=1S/C14H16ClN3O2S/c1-9-4-5-13(10(2)6-9)18-21(19,20)11-7-12(15)14(16-3)17-8-11/h4-8,18H,1-3H3,(H,16,17). The van der Waals surface area contributed by atoms with Gasteiger partial charge in [-0.2, -0.15) is 0 Å². The SMILES string of the molecule is CNc1ncc(S(=O)(=O)Nc2ccc(C)cc2C)cc1Cl. The van der Waals surface area contributed by atoms with Gasteiger partial charge in [-0.25, -0.2) is 13.4 Å². The molecule has 0 atom stereocenters. The Morgan fingerprint density at radius 1 is 1.19 bits per heavy atom. The van der Waals surface area contributed by atoms with Crippen molar-refractivity contribution in [2.75, 3.05) is 17.1 Å². The lowest BCUT2D eigenvalue weighted by Crippen LogP contribution is -2.14. The summed E-state index contributed by atoms with van der Waals surface area (Å²) in [5.41, 5.74) is 2.46. The molecule has 0 fully saturated rings. The zero-order chi connectivity index (χ0) is 15.6. The Balaban J connectivity index is 2.36. The Labute approximate surface area is 129 Å². The van der Waals surface area contributed by atoms with Crippen LogP contribution in [0.5, 0.6) is 0 Å². The molecule has 0 bridgehead atoms. The second kappa shape index (κ2) is 5.91. The fraction of sp³-hybridized carbons (Fsp3) is 0.214. The molecule has 0 aliphatic rings. The monoisotopic (exact) mass is 325 g/mol. The predicted octanol–water partition coefficient (Wildman–Crippen LogP) is 3.19. The molecule has 2 rings (SSSR count). The van der Waals surface area contributed by atoms with Crippen LogP contribution in [-0.4, -0.2) is 20.4 Å². The molecule has 2 aromatic rings. The summed E-state index contributed by atoms with van der Waals surface area (Å²) in [6.07, 6.45) is 1.27. The molecule has 0 aliphatic heterocycles. The highest BCUT2D eigenvalue weighted by Crippen LogP contribution is 2.25. The number of nitrogens with zero attached hydrogens (tertiary/aromatic N) is 1. The second-order valence-corrected chi connectivity index (χ2v) is 6.76. The summed E-state index contributed by atoms with van der Waals surface area (Å²) in [6, 6.07) is 6.86. The molecule has 5 nitrogen and oxygen atoms in total. The van der Waals surface area contributed by atoms with Gasteiger partial charge in [0.25, 0.3) is 10.0 Å². The number of nitrogens with one attached hydrogen (secondary N) is 2. The summed E-state index contributed by atoms with van der Waals surface area (Å²) in [7, 11) is -2.06. The highest BCUT2D eigenvalue weighted by atomic mass is 35.5. The number of halogens is 1. The number of hydrogen-bond donors (Lipinski definition) is 2. The minimum atomic E-state index is -3.72. The van der Waals surface area contributed by atoms with Crippen LogP contribution >= 0.6 is 11.6 Å². The van der Waals surface area contributed by atoms with E-state index >= 15 is 0 Å². The van der Waals surface area contributed by atoms with Crippen LogP contribution in [-0.2, 0) is 10.0 Å². The summed E-state index contributed by atoms with van der Waals surface area (Å²) in [4.78, 5) is 4.00. The Kier molecular flexibility index (Phi) is 4.39. The van der Waals surface area contributed by atoms with Crippen molar-refractivity contribution >= 4 is 33.1 Å². The van der Waals surface area contributed by atoms with Crippen LogP contribution in [0.4, 0.5) is 11.5 Å². The minimum Gasteiger partial charge on any atom is -0.372 e. The van der Waals surface area contributed by atoms with Crippen molar-refractivity contribution in [1.29, 1.82) is 0 Å². The quantitative estimate of drug-likeness (QED) is 0.905. The van der Waals surface area contributed by atoms with Crippen molar-refractivity contribution in [3.8, 4) is 0 Å². The number of hydrogen-bond acceptors (Lipinski definition) is 4. The average molecular weight is 326 g/mol. The first kappa shape index (κ1) is 15.6. The summed E-state index contributed by atoms with van der Waals surface area (Å²) >= 11 is 5.97. The van der Waals surface area contributed by atoms with Crippen molar-refractivity contribution in [2.45, 2.75) is 18.7 Å². The van der Waals surface area contributed by atoms with E-state index in [1.54, 1.807) is 13.1 Å². The molecule has 1 aromatic carbocycles. The van der Waals surface area contributed by atoms with Crippen LogP contribution in [0.25, 0.3) is 0 Å². The molecular formula is C14H16ClN3O2S. The van der Waals surface area contributed by atoms with E-state index < -0.39 is 10.0 Å². The number of rotatable bonds is 4. The van der Waals surface area contributed by atoms with Gasteiger partial charge in [0, 0.05) is 13.2 Å². The summed E-state index contributed by atoms with van der Waals surface area (Å²) in [5.74, 6) is 0.433. The second-order valence-electron chi connectivity index (χ2n) is 4.68. The van der Waals surface area contributed by atoms with Crippen LogP contribution in [0.3, 0.4) is 0 Å². The maximum Gasteiger partial charge on any atom is 0.263 e. The molecule has 1 aromatic heterocycles. The Bertz CT molecular complexity index is 776. The van der Waals surface area contributed by atoms with E-state index in [-0.39, 0.29) is 9.92 Å². The molecule has 0 amide bonds. The molecule has 7 heteroatoms. The molecule has 0 radical (unpaired) electrons. The van der Waals surface area contributed by atoms with Gasteiger partial charge in [-0.3, -0.25) is 4.72 Å². The van der Waals surface area contributed by atoms with Crippen molar-refractivity contribution in [3.05, 3.63) is 46.6 Å². The van der Waals surface area contributed by atoms with E-state index in [9.17, 15) is 8.42 Å². The number of anilines is 2. The third-order valence-corrected chi connectivity index (χ3v) is 4.61. The number of aromatic nitrogens is 1. The van der Waals surface area contributed by atoms with E-state index in [1.165, 1.54) is 12.3 Å². The van der Waals surface area contributed by atoms with E-state index in [2.05, 4.69) is 15.0 Å². The lowest BCUT2D eigenvalue weighted by molar-refractivity contribution is 0.601. The number of aryl methyl sites for hydroxylation is 2. The Hall–Kier alpha value is -1.79. The summed E-state index contributed by atoms with van der Waals surface area (Å²) in [6.45, 7) is 3.80. The average Bonchev–Trinajstić information content (AvgIpc) is 2.42. The van der Waals surface area contributed by atoms with Gasteiger partial charge in [-0.1, -0.05) is 29.3 Å². The Morgan fingerprint density at radius 2 is 1.90 bits per heavy atom. The van der Waals surface area contributed by atoms with Crippen LogP contribution < -0.4 is 10.0 Å². The number of pyridine rings is 1. The smallest absolute Gasteiger partial charge is 0.263 e. The number of sulfonamides is 1. The van der Waals surface area contributed by atoms with Crippen molar-refractivity contribution < 1.29 is 8.42 Å². The predicted molar refractivity (Wildman–Crippen MR) is 85.5 cm³/mol. The van der Waals surface area contributed by atoms with E-state index in [4.69, 9.17) is 11.6 Å². The zero-order valence-corrected chi connectivity index (χ0v) is 13.5. The van der Waals surface area contributed by atoms with Gasteiger partial charge >= 0.3 is 0 Å². The molecule has 1 heterocycles. The third kappa shape index (κ3) is 3.46. The normalized spacial score (nSPS) is 11.2. The molecule has 21 heavy (non-hydrogen) atoms. The molecule has 0 saturated carbocycles. The topological polar surface area (TPSA) is 71.1 Å². The van der Waals surface area contributed by atoms with Gasteiger partial charge in [0.15, 0.2) is 0 Å². The van der Waals surface area contributed by atoms with E-state index in [0.29, 0.717) is 11.5 Å². The maximum atomic E-state index is 12.4. The first-order chi connectivity index (χ1) is 9.83. The van der Waals surface area contributed by atoms with Gasteiger partial charge in [0.2, 0.25) is 0 Å². The van der Waals surface area contributed by atoms with Crippen molar-refractivity contribution in [3.63, 3.8) is 0 Å². The first-order valence-electron chi connectivity index (χ1n) is 6.27. The molecular weight excluding hydrogens is 310 g/mol. The van der Waals surface area contributed by atoms with Crippen LogP contribution in [0.1, 0.15) is 11.1 Å². The van der Waals surface area contributed by atoms with E-state index in [0.717, 1.165) is 11.1 Å². The molecule has 112 valence electrons. The minimum absolute atomic E-state index is 0.0199. The fourth-order valence-corrected chi connectivity index (χ4v) is 3.31. The van der Waals surface area contributed by atoms with Gasteiger partial charge in [-0.15, -0.1) is 0 Å². The van der Waals surface area contributed by atoms with Crippen LogP contribution in [0.15, 0.2) is 35.4 Å². The van der Waals surface area contributed by atoms with Crippen LogP contribution in [0, 0.1) is 13.8 Å². The molecule has 0 unspecified atom stereocenters. The molecule has 0 saturated heterocycles. The highest BCUT2D eigenvalue weighted by molar-refractivity contribution is 7.92. The largest absolute Gasteiger partial charge is 0.372 e. The highest BCUT2D eigenvalue weighted by Gasteiger charge is 2.17. The van der Waals surface area contributed by atoms with E-state index in [1.807, 2.05) is 26.0 Å². The first-order valence-corrected chi connectivity index (χ1v) is 8.13. The summed E-state index contributed by atoms with van der Waals surface area (Å²) in [5, 5.41) is 3.03. The lowest BCUT2D eigenvalue weighted by atomic mass is 10.1. The van der Waals surface area contributed by atoms with Gasteiger partial charge in [0.05, 0.1) is 10.7 Å². The number of benzene rings is 1. The molecule has 0 aliphatic carbocycles. The lowest BCUT2D eigenvalue weighted by Gasteiger charge is -2.12. The molecule has 2 N–H and O–H groups in total. The summed E-state index contributed by atoms with van der Waals surface area (Å²) < 4.78 is 27.3. The Morgan fingerprint density at radius 3 is 2.48 bits per heavy atom. The molecule has 0 spiro atoms. The van der Waals surface area contributed by atoms with Gasteiger partial charge < -0.3 is 5.32 Å². The fourth-order valence-electron chi connectivity index (χ4n) is 1.88. The van der Waals surface area contributed by atoms with Gasteiger partial charge in [0.1, 0.15) is 10.7 Å². The van der Waals surface area contributed by atoms with Crippen LogP contribution in [0.2, 0.25) is 5.02 Å². The van der Waals surface area contributed by atoms with Gasteiger partial charge in [-0.05, 0) is 31.5 Å². The maximum absolute atomic E-state index is 12.4. The van der Waals surface area contributed by atoms with Crippen molar-refractivity contribution in [2.24, 2.45) is 0 Å².